The van der Waals surface area contributed by atoms with Crippen LogP contribution in [0.2, 0.25) is 0 Å². The second kappa shape index (κ2) is 5.38. The van der Waals surface area contributed by atoms with Crippen LogP contribution in [0.4, 0.5) is 0 Å². The molecule has 0 atom stereocenters. The molecule has 0 bridgehead atoms. The zero-order valence-corrected chi connectivity index (χ0v) is 10.9. The summed E-state index contributed by atoms with van der Waals surface area (Å²) >= 11 is 0. The summed E-state index contributed by atoms with van der Waals surface area (Å²) in [7, 11) is 1.55. The Balaban J connectivity index is 3.19. The molecule has 0 aromatic heterocycles. The van der Waals surface area contributed by atoms with Gasteiger partial charge in [-0.25, -0.2) is 5.90 Å². The maximum atomic E-state index is 9.98. The molecule has 96 valence electrons. The van der Waals surface area contributed by atoms with E-state index in [1.165, 1.54) is 0 Å². The van der Waals surface area contributed by atoms with Gasteiger partial charge in [-0.05, 0) is 17.0 Å². The zero-order valence-electron chi connectivity index (χ0n) is 10.9. The van der Waals surface area contributed by atoms with Gasteiger partial charge >= 0.3 is 0 Å². The molecule has 0 aliphatic rings. The van der Waals surface area contributed by atoms with Crippen molar-refractivity contribution in [3.63, 3.8) is 0 Å². The summed E-state index contributed by atoms with van der Waals surface area (Å²) in [6, 6.07) is 3.83. The van der Waals surface area contributed by atoms with E-state index >= 15 is 0 Å². The van der Waals surface area contributed by atoms with Gasteiger partial charge in [0.2, 0.25) is 0 Å². The fraction of sp³-hybridized carbons (Fsp3) is 0.538. The van der Waals surface area contributed by atoms with E-state index in [0.717, 1.165) is 11.1 Å². The third-order valence-electron chi connectivity index (χ3n) is 2.73. The SMILES string of the molecule is COc1cc(C(C)(C)C)cc(CCON)c1O. The summed E-state index contributed by atoms with van der Waals surface area (Å²) < 4.78 is 5.18. The average Bonchev–Trinajstić information content (AvgIpc) is 2.26. The van der Waals surface area contributed by atoms with Gasteiger partial charge in [-0.15, -0.1) is 0 Å². The summed E-state index contributed by atoms with van der Waals surface area (Å²) in [5.41, 5.74) is 1.90. The molecule has 1 aromatic carbocycles. The molecule has 0 saturated carbocycles. The van der Waals surface area contributed by atoms with E-state index in [1.807, 2.05) is 12.1 Å². The van der Waals surface area contributed by atoms with Crippen molar-refractivity contribution < 1.29 is 14.7 Å². The van der Waals surface area contributed by atoms with Crippen molar-refractivity contribution in [3.05, 3.63) is 23.3 Å². The minimum Gasteiger partial charge on any atom is -0.504 e. The van der Waals surface area contributed by atoms with Crippen LogP contribution in [0.3, 0.4) is 0 Å². The highest BCUT2D eigenvalue weighted by atomic mass is 16.6. The van der Waals surface area contributed by atoms with Crippen LogP contribution in [0.15, 0.2) is 12.1 Å². The molecule has 4 heteroatoms. The van der Waals surface area contributed by atoms with Crippen molar-refractivity contribution in [2.45, 2.75) is 32.6 Å². The van der Waals surface area contributed by atoms with E-state index in [1.54, 1.807) is 7.11 Å². The number of nitrogens with two attached hydrogens (primary N) is 1. The monoisotopic (exact) mass is 239 g/mol. The quantitative estimate of drug-likeness (QED) is 0.790. The third-order valence-corrected chi connectivity index (χ3v) is 2.73. The number of phenols is 1. The molecule has 0 saturated heterocycles. The Bertz CT molecular complexity index is 383. The molecule has 0 aliphatic heterocycles. The van der Waals surface area contributed by atoms with Crippen LogP contribution in [-0.4, -0.2) is 18.8 Å². The molecule has 1 aromatic rings. The van der Waals surface area contributed by atoms with Gasteiger partial charge in [0.25, 0.3) is 0 Å². The number of rotatable bonds is 4. The zero-order chi connectivity index (χ0) is 13.1. The first kappa shape index (κ1) is 13.8. The Morgan fingerprint density at radius 1 is 1.29 bits per heavy atom. The fourth-order valence-corrected chi connectivity index (χ4v) is 1.61. The average molecular weight is 239 g/mol. The summed E-state index contributed by atoms with van der Waals surface area (Å²) in [5, 5.41) is 9.98. The predicted octanol–water partition coefficient (Wildman–Crippen LogP) is 2.13. The van der Waals surface area contributed by atoms with E-state index in [2.05, 4.69) is 25.6 Å². The highest BCUT2D eigenvalue weighted by molar-refractivity contribution is 5.50. The number of phenolic OH excluding ortho intramolecular Hbond substituents is 1. The molecule has 17 heavy (non-hydrogen) atoms. The van der Waals surface area contributed by atoms with Gasteiger partial charge in [-0.1, -0.05) is 26.8 Å². The Labute approximate surface area is 102 Å². The van der Waals surface area contributed by atoms with Gasteiger partial charge in [0, 0.05) is 12.0 Å². The first-order valence-corrected chi connectivity index (χ1v) is 5.62. The largest absolute Gasteiger partial charge is 0.504 e. The Morgan fingerprint density at radius 3 is 2.41 bits per heavy atom. The number of hydrogen-bond acceptors (Lipinski definition) is 4. The fourth-order valence-electron chi connectivity index (χ4n) is 1.61. The number of ether oxygens (including phenoxy) is 1. The van der Waals surface area contributed by atoms with Crippen molar-refractivity contribution >= 4 is 0 Å². The molecule has 0 heterocycles. The molecule has 0 unspecified atom stereocenters. The minimum atomic E-state index is -0.000693. The van der Waals surface area contributed by atoms with Crippen molar-refractivity contribution in [2.24, 2.45) is 5.90 Å². The lowest BCUT2D eigenvalue weighted by Crippen LogP contribution is -2.12. The molecule has 3 N–H and O–H groups in total. The molecular weight excluding hydrogens is 218 g/mol. The lowest BCUT2D eigenvalue weighted by molar-refractivity contribution is 0.140. The van der Waals surface area contributed by atoms with Gasteiger partial charge in [0.15, 0.2) is 11.5 Å². The van der Waals surface area contributed by atoms with Crippen LogP contribution in [0.25, 0.3) is 0 Å². The maximum Gasteiger partial charge on any atom is 0.161 e. The topological polar surface area (TPSA) is 64.7 Å². The van der Waals surface area contributed by atoms with Crippen molar-refractivity contribution in [1.29, 1.82) is 0 Å². The standard InChI is InChI=1S/C13H21NO3/c1-13(2,3)10-7-9(5-6-17-14)12(15)11(8-10)16-4/h7-8,15H,5-6,14H2,1-4H3. The van der Waals surface area contributed by atoms with E-state index in [0.29, 0.717) is 18.8 Å². The second-order valence-electron chi connectivity index (χ2n) is 5.06. The molecule has 0 fully saturated rings. The van der Waals surface area contributed by atoms with Crippen molar-refractivity contribution in [3.8, 4) is 11.5 Å². The Hall–Kier alpha value is -1.26. The molecular formula is C13H21NO3. The first-order chi connectivity index (χ1) is 7.90. The van der Waals surface area contributed by atoms with Gasteiger partial charge in [0.1, 0.15) is 0 Å². The van der Waals surface area contributed by atoms with Crippen LogP contribution in [-0.2, 0) is 16.7 Å². The van der Waals surface area contributed by atoms with Gasteiger partial charge in [-0.2, -0.15) is 0 Å². The van der Waals surface area contributed by atoms with Gasteiger partial charge in [0.05, 0.1) is 13.7 Å². The molecule has 1 rings (SSSR count). The lowest BCUT2D eigenvalue weighted by atomic mass is 9.85. The van der Waals surface area contributed by atoms with E-state index < -0.39 is 0 Å². The van der Waals surface area contributed by atoms with E-state index in [-0.39, 0.29) is 11.2 Å². The van der Waals surface area contributed by atoms with Crippen molar-refractivity contribution in [2.75, 3.05) is 13.7 Å². The van der Waals surface area contributed by atoms with Gasteiger partial charge in [-0.3, -0.25) is 0 Å². The Morgan fingerprint density at radius 2 is 1.94 bits per heavy atom. The van der Waals surface area contributed by atoms with E-state index in [9.17, 15) is 5.11 Å². The number of hydrogen-bond donors (Lipinski definition) is 2. The summed E-state index contributed by atoms with van der Waals surface area (Å²) in [6.07, 6.45) is 0.558. The van der Waals surface area contributed by atoms with Crippen LogP contribution in [0.1, 0.15) is 31.9 Å². The minimum absolute atomic E-state index is 0.000693. The first-order valence-electron chi connectivity index (χ1n) is 5.62. The molecule has 0 amide bonds. The second-order valence-corrected chi connectivity index (χ2v) is 5.06. The maximum absolute atomic E-state index is 9.98. The highest BCUT2D eigenvalue weighted by Gasteiger charge is 2.18. The summed E-state index contributed by atoms with van der Waals surface area (Å²) in [6.45, 7) is 6.70. The van der Waals surface area contributed by atoms with Crippen LogP contribution >= 0.6 is 0 Å². The van der Waals surface area contributed by atoms with Crippen LogP contribution < -0.4 is 10.6 Å². The normalized spacial score (nSPS) is 11.6. The van der Waals surface area contributed by atoms with Crippen molar-refractivity contribution in [1.82, 2.24) is 0 Å². The highest BCUT2D eigenvalue weighted by Crippen LogP contribution is 2.36. The van der Waals surface area contributed by atoms with Gasteiger partial charge < -0.3 is 14.7 Å². The smallest absolute Gasteiger partial charge is 0.161 e. The number of benzene rings is 1. The Kier molecular flexibility index (Phi) is 4.37. The summed E-state index contributed by atoms with van der Waals surface area (Å²) in [5.74, 6) is 5.66. The number of methoxy groups -OCH3 is 1. The third kappa shape index (κ3) is 3.35. The predicted molar refractivity (Wildman–Crippen MR) is 67.2 cm³/mol. The summed E-state index contributed by atoms with van der Waals surface area (Å²) in [4.78, 5) is 4.55. The molecule has 0 aliphatic carbocycles. The molecule has 4 nitrogen and oxygen atoms in total. The molecule has 0 spiro atoms. The lowest BCUT2D eigenvalue weighted by Gasteiger charge is -2.22. The molecule has 0 radical (unpaired) electrons. The van der Waals surface area contributed by atoms with E-state index in [4.69, 9.17) is 10.6 Å². The van der Waals surface area contributed by atoms with Crippen LogP contribution in [0.5, 0.6) is 11.5 Å². The number of aromatic hydroxyl groups is 1. The van der Waals surface area contributed by atoms with Crippen LogP contribution in [0, 0.1) is 0 Å².